The SMILES string of the molecule is NCCC(CCNC(=O)O)CCNC(=O)O. The summed E-state index contributed by atoms with van der Waals surface area (Å²) in [5, 5.41) is 21.3. The number of nitrogens with two attached hydrogens (primary N) is 1. The van der Waals surface area contributed by atoms with Crippen molar-refractivity contribution in [3.05, 3.63) is 0 Å². The molecular formula is C9H19N3O4. The molecular weight excluding hydrogens is 214 g/mol. The quantitative estimate of drug-likeness (QED) is 0.411. The first-order valence-electron chi connectivity index (χ1n) is 5.20. The van der Waals surface area contributed by atoms with Gasteiger partial charge in [-0.05, 0) is 31.7 Å². The van der Waals surface area contributed by atoms with Crippen LogP contribution in [0, 0.1) is 5.92 Å². The molecule has 0 heterocycles. The molecule has 0 saturated carbocycles. The highest BCUT2D eigenvalue weighted by molar-refractivity contribution is 5.64. The van der Waals surface area contributed by atoms with Gasteiger partial charge in [-0.15, -0.1) is 0 Å². The number of carboxylic acid groups (broad SMARTS) is 2. The minimum atomic E-state index is -1.05. The highest BCUT2D eigenvalue weighted by Crippen LogP contribution is 2.11. The monoisotopic (exact) mass is 233 g/mol. The van der Waals surface area contributed by atoms with Gasteiger partial charge >= 0.3 is 12.2 Å². The Morgan fingerprint density at radius 3 is 1.75 bits per heavy atom. The molecule has 7 nitrogen and oxygen atoms in total. The lowest BCUT2D eigenvalue weighted by Gasteiger charge is -2.15. The van der Waals surface area contributed by atoms with Crippen molar-refractivity contribution in [1.82, 2.24) is 10.6 Å². The van der Waals surface area contributed by atoms with Crippen LogP contribution in [0.1, 0.15) is 19.3 Å². The third-order valence-corrected chi connectivity index (χ3v) is 2.23. The number of nitrogens with one attached hydrogen (secondary N) is 2. The number of amides is 2. The molecule has 0 aliphatic heterocycles. The third kappa shape index (κ3) is 9.07. The predicted molar refractivity (Wildman–Crippen MR) is 58.5 cm³/mol. The lowest BCUT2D eigenvalue weighted by Crippen LogP contribution is -2.27. The summed E-state index contributed by atoms with van der Waals surface area (Å²) in [6.45, 7) is 1.25. The van der Waals surface area contributed by atoms with Crippen molar-refractivity contribution in [3.63, 3.8) is 0 Å². The Morgan fingerprint density at radius 1 is 1.00 bits per heavy atom. The van der Waals surface area contributed by atoms with Gasteiger partial charge in [-0.25, -0.2) is 9.59 Å². The smallest absolute Gasteiger partial charge is 0.404 e. The fraction of sp³-hybridized carbons (Fsp3) is 0.778. The molecule has 0 saturated heterocycles. The maximum Gasteiger partial charge on any atom is 0.404 e. The van der Waals surface area contributed by atoms with Gasteiger partial charge < -0.3 is 26.6 Å². The minimum absolute atomic E-state index is 0.240. The van der Waals surface area contributed by atoms with Crippen LogP contribution in [0.15, 0.2) is 0 Å². The summed E-state index contributed by atoms with van der Waals surface area (Å²) in [5.74, 6) is 0.240. The van der Waals surface area contributed by atoms with Gasteiger partial charge in [0.2, 0.25) is 0 Å². The van der Waals surface area contributed by atoms with E-state index < -0.39 is 12.2 Å². The molecule has 0 aliphatic carbocycles. The largest absolute Gasteiger partial charge is 0.465 e. The second-order valence-electron chi connectivity index (χ2n) is 3.48. The van der Waals surface area contributed by atoms with E-state index in [9.17, 15) is 9.59 Å². The van der Waals surface area contributed by atoms with Gasteiger partial charge in [-0.3, -0.25) is 0 Å². The van der Waals surface area contributed by atoms with Crippen molar-refractivity contribution >= 4 is 12.2 Å². The molecule has 0 aliphatic rings. The van der Waals surface area contributed by atoms with E-state index in [1.54, 1.807) is 0 Å². The molecule has 0 spiro atoms. The van der Waals surface area contributed by atoms with Crippen molar-refractivity contribution in [3.8, 4) is 0 Å². The summed E-state index contributed by atoms with van der Waals surface area (Å²) in [5.41, 5.74) is 5.42. The van der Waals surface area contributed by atoms with Gasteiger partial charge in [0.15, 0.2) is 0 Å². The average molecular weight is 233 g/mol. The van der Waals surface area contributed by atoms with Gasteiger partial charge in [0, 0.05) is 13.1 Å². The van der Waals surface area contributed by atoms with Crippen molar-refractivity contribution in [2.45, 2.75) is 19.3 Å². The first-order chi connectivity index (χ1) is 7.56. The molecule has 2 amide bonds. The summed E-state index contributed by atoms with van der Waals surface area (Å²) in [6.07, 6.45) is 0.0170. The van der Waals surface area contributed by atoms with E-state index in [0.717, 1.165) is 6.42 Å². The van der Waals surface area contributed by atoms with E-state index >= 15 is 0 Å². The van der Waals surface area contributed by atoms with E-state index in [4.69, 9.17) is 15.9 Å². The topological polar surface area (TPSA) is 125 Å². The lowest BCUT2D eigenvalue weighted by atomic mass is 9.97. The Labute approximate surface area is 94.0 Å². The summed E-state index contributed by atoms with van der Waals surface area (Å²) in [4.78, 5) is 20.4. The van der Waals surface area contributed by atoms with Crippen LogP contribution in [-0.4, -0.2) is 42.0 Å². The zero-order valence-electron chi connectivity index (χ0n) is 9.11. The molecule has 0 aromatic carbocycles. The number of rotatable bonds is 8. The summed E-state index contributed by atoms with van der Waals surface area (Å²) < 4.78 is 0. The third-order valence-electron chi connectivity index (χ3n) is 2.23. The zero-order chi connectivity index (χ0) is 12.4. The van der Waals surface area contributed by atoms with Crippen LogP contribution >= 0.6 is 0 Å². The van der Waals surface area contributed by atoms with Crippen LogP contribution in [0.25, 0.3) is 0 Å². The van der Waals surface area contributed by atoms with E-state index in [2.05, 4.69) is 10.6 Å². The Balaban J connectivity index is 3.69. The lowest BCUT2D eigenvalue weighted by molar-refractivity contribution is 0.193. The molecule has 0 radical (unpaired) electrons. The molecule has 0 rings (SSSR count). The van der Waals surface area contributed by atoms with Gasteiger partial charge in [0.25, 0.3) is 0 Å². The Bertz CT molecular complexity index is 203. The number of hydrogen-bond donors (Lipinski definition) is 5. The summed E-state index contributed by atoms with van der Waals surface area (Å²) >= 11 is 0. The molecule has 7 heteroatoms. The van der Waals surface area contributed by atoms with E-state index in [0.29, 0.717) is 32.5 Å². The number of hydrogen-bond acceptors (Lipinski definition) is 3. The van der Waals surface area contributed by atoms with Crippen LogP contribution in [0.5, 0.6) is 0 Å². The fourth-order valence-electron chi connectivity index (χ4n) is 1.44. The maximum absolute atomic E-state index is 10.2. The molecule has 0 fully saturated rings. The van der Waals surface area contributed by atoms with Crippen molar-refractivity contribution in [2.24, 2.45) is 11.7 Å². The molecule has 0 bridgehead atoms. The van der Waals surface area contributed by atoms with Crippen molar-refractivity contribution < 1.29 is 19.8 Å². The molecule has 16 heavy (non-hydrogen) atoms. The van der Waals surface area contributed by atoms with Crippen molar-refractivity contribution in [1.29, 1.82) is 0 Å². The first kappa shape index (κ1) is 14.5. The van der Waals surface area contributed by atoms with Crippen molar-refractivity contribution in [2.75, 3.05) is 19.6 Å². The maximum atomic E-state index is 10.2. The fourth-order valence-corrected chi connectivity index (χ4v) is 1.44. The van der Waals surface area contributed by atoms with Gasteiger partial charge in [0.1, 0.15) is 0 Å². The van der Waals surface area contributed by atoms with Gasteiger partial charge in [-0.2, -0.15) is 0 Å². The molecule has 94 valence electrons. The van der Waals surface area contributed by atoms with Crippen LogP contribution in [0.2, 0.25) is 0 Å². The van der Waals surface area contributed by atoms with E-state index in [-0.39, 0.29) is 5.92 Å². The van der Waals surface area contributed by atoms with Crippen LogP contribution < -0.4 is 16.4 Å². The molecule has 0 unspecified atom stereocenters. The second kappa shape index (κ2) is 8.78. The Kier molecular flexibility index (Phi) is 7.96. The first-order valence-corrected chi connectivity index (χ1v) is 5.20. The number of carbonyl (C=O) groups is 2. The Morgan fingerprint density at radius 2 is 1.44 bits per heavy atom. The van der Waals surface area contributed by atoms with Crippen LogP contribution in [0.4, 0.5) is 9.59 Å². The molecule has 6 N–H and O–H groups in total. The molecule has 0 aromatic rings. The minimum Gasteiger partial charge on any atom is -0.465 e. The predicted octanol–water partition coefficient (Wildman–Crippen LogP) is 0.267. The molecule has 0 atom stereocenters. The highest BCUT2D eigenvalue weighted by Gasteiger charge is 2.08. The van der Waals surface area contributed by atoms with Gasteiger partial charge in [0.05, 0.1) is 0 Å². The normalized spacial score (nSPS) is 10.1. The highest BCUT2D eigenvalue weighted by atomic mass is 16.4. The molecule has 0 aromatic heterocycles. The van der Waals surface area contributed by atoms with Crippen LogP contribution in [0.3, 0.4) is 0 Å². The average Bonchev–Trinajstić information content (AvgIpc) is 2.16. The standard InChI is InChI=1S/C9H19N3O4/c10-4-1-7(2-5-11-8(13)14)3-6-12-9(15)16/h7,11-12H,1-6,10H2,(H,13,14)(H,15,16). The van der Waals surface area contributed by atoms with Gasteiger partial charge in [-0.1, -0.05) is 0 Å². The van der Waals surface area contributed by atoms with E-state index in [1.165, 1.54) is 0 Å². The Hall–Kier alpha value is -1.50. The summed E-state index contributed by atoms with van der Waals surface area (Å²) in [6, 6.07) is 0. The second-order valence-corrected chi connectivity index (χ2v) is 3.48. The van der Waals surface area contributed by atoms with E-state index in [1.807, 2.05) is 0 Å². The van der Waals surface area contributed by atoms with Crippen LogP contribution in [-0.2, 0) is 0 Å². The summed E-state index contributed by atoms with van der Waals surface area (Å²) in [7, 11) is 0. The zero-order valence-corrected chi connectivity index (χ0v) is 9.11.